The summed E-state index contributed by atoms with van der Waals surface area (Å²) in [5.74, 6) is 0. The number of thiophene rings is 1. The fraction of sp³-hybridized carbons (Fsp3) is 0.692. The van der Waals surface area contributed by atoms with Gasteiger partial charge in [0, 0.05) is 17.0 Å². The van der Waals surface area contributed by atoms with Gasteiger partial charge < -0.3 is 15.2 Å². The zero-order valence-corrected chi connectivity index (χ0v) is 13.2. The van der Waals surface area contributed by atoms with Crippen LogP contribution in [0.2, 0.25) is 4.34 Å². The molecule has 3 unspecified atom stereocenters. The minimum Gasteiger partial charge on any atom is -0.395 e. The summed E-state index contributed by atoms with van der Waals surface area (Å²) in [4.78, 5) is 1.28. The maximum Gasteiger partial charge on any atom is 0.106 e. The number of rotatable bonds is 1. The number of halogens is 2. The number of nitrogens with one attached hydrogen (secondary N) is 1. The maximum atomic E-state index is 9.44. The predicted octanol–water partition coefficient (Wildman–Crippen LogP) is 2.72. The third kappa shape index (κ3) is 2.80. The summed E-state index contributed by atoms with van der Waals surface area (Å²) in [5.41, 5.74) is 1.10. The van der Waals surface area contributed by atoms with Crippen LogP contribution in [0.15, 0.2) is 6.07 Å². The summed E-state index contributed by atoms with van der Waals surface area (Å²) >= 11 is 7.80. The van der Waals surface area contributed by atoms with Crippen molar-refractivity contribution >= 4 is 35.3 Å². The molecule has 2 aliphatic heterocycles. The van der Waals surface area contributed by atoms with Crippen molar-refractivity contribution in [2.75, 3.05) is 13.2 Å². The molecule has 19 heavy (non-hydrogen) atoms. The molecule has 1 fully saturated rings. The zero-order valence-electron chi connectivity index (χ0n) is 10.8. The minimum absolute atomic E-state index is 0. The quantitative estimate of drug-likeness (QED) is 0.835. The van der Waals surface area contributed by atoms with Gasteiger partial charge >= 0.3 is 0 Å². The Balaban J connectivity index is 0.00000133. The van der Waals surface area contributed by atoms with Gasteiger partial charge in [-0.2, -0.15) is 0 Å². The van der Waals surface area contributed by atoms with Crippen LogP contribution < -0.4 is 5.32 Å². The highest BCUT2D eigenvalue weighted by atomic mass is 35.5. The lowest BCUT2D eigenvalue weighted by Gasteiger charge is -2.45. The molecule has 0 radical (unpaired) electrons. The van der Waals surface area contributed by atoms with Gasteiger partial charge in [0.15, 0.2) is 0 Å². The molecule has 3 rings (SSSR count). The summed E-state index contributed by atoms with van der Waals surface area (Å²) in [6.07, 6.45) is 2.73. The highest BCUT2D eigenvalue weighted by Gasteiger charge is 2.45. The van der Waals surface area contributed by atoms with E-state index in [2.05, 4.69) is 18.3 Å². The second-order valence-electron chi connectivity index (χ2n) is 5.35. The van der Waals surface area contributed by atoms with Crippen LogP contribution in [0, 0.1) is 0 Å². The van der Waals surface area contributed by atoms with E-state index >= 15 is 0 Å². The Kier molecular flexibility index (Phi) is 4.81. The van der Waals surface area contributed by atoms with Gasteiger partial charge in [-0.1, -0.05) is 11.6 Å². The number of fused-ring (bicyclic) bond motifs is 2. The van der Waals surface area contributed by atoms with Crippen LogP contribution in [0.3, 0.4) is 0 Å². The minimum atomic E-state index is -0.233. The average molecular weight is 324 g/mol. The van der Waals surface area contributed by atoms with E-state index in [1.165, 1.54) is 10.4 Å². The van der Waals surface area contributed by atoms with Crippen LogP contribution in [0.25, 0.3) is 0 Å². The van der Waals surface area contributed by atoms with E-state index in [0.29, 0.717) is 6.04 Å². The Morgan fingerprint density at radius 2 is 2.37 bits per heavy atom. The van der Waals surface area contributed by atoms with E-state index < -0.39 is 0 Å². The van der Waals surface area contributed by atoms with Gasteiger partial charge in [0.05, 0.1) is 17.6 Å². The third-order valence-electron chi connectivity index (χ3n) is 3.90. The van der Waals surface area contributed by atoms with Gasteiger partial charge in [-0.3, -0.25) is 0 Å². The number of ether oxygens (including phenoxy) is 1. The van der Waals surface area contributed by atoms with Crippen LogP contribution >= 0.6 is 35.3 Å². The molecule has 2 aliphatic rings. The standard InChI is InChI=1S/C13H18ClNO2S.ClH/c1-8-5-13(6-10(7-16)15-8)12-9(2-3-17-13)4-11(14)18-12;/h4,8,10,15-16H,2-3,5-7H2,1H3;1H. The molecule has 1 aromatic heterocycles. The van der Waals surface area contributed by atoms with Crippen LogP contribution in [-0.2, 0) is 16.8 Å². The molecular weight excluding hydrogens is 305 g/mol. The highest BCUT2D eigenvalue weighted by Crippen LogP contribution is 2.47. The molecule has 1 saturated heterocycles. The summed E-state index contributed by atoms with van der Waals surface area (Å²) < 4.78 is 6.99. The first-order valence-electron chi connectivity index (χ1n) is 6.42. The Hall–Kier alpha value is 0.160. The molecule has 1 spiro atoms. The Morgan fingerprint density at radius 1 is 1.58 bits per heavy atom. The van der Waals surface area contributed by atoms with E-state index in [1.54, 1.807) is 11.3 Å². The maximum absolute atomic E-state index is 9.44. The molecule has 6 heteroatoms. The zero-order chi connectivity index (χ0) is 12.8. The van der Waals surface area contributed by atoms with Crippen molar-refractivity contribution in [3.05, 3.63) is 20.8 Å². The molecule has 0 aliphatic carbocycles. The van der Waals surface area contributed by atoms with Crippen molar-refractivity contribution in [1.29, 1.82) is 0 Å². The first-order chi connectivity index (χ1) is 8.63. The monoisotopic (exact) mass is 323 g/mol. The largest absolute Gasteiger partial charge is 0.395 e. The SMILES string of the molecule is CC1CC2(CC(CO)N1)OCCc1cc(Cl)sc12.Cl. The van der Waals surface area contributed by atoms with Crippen molar-refractivity contribution < 1.29 is 9.84 Å². The van der Waals surface area contributed by atoms with Crippen molar-refractivity contribution in [3.8, 4) is 0 Å². The van der Waals surface area contributed by atoms with Crippen molar-refractivity contribution in [2.45, 2.75) is 43.9 Å². The smallest absolute Gasteiger partial charge is 0.106 e. The van der Waals surface area contributed by atoms with E-state index in [1.807, 2.05) is 0 Å². The molecule has 0 amide bonds. The van der Waals surface area contributed by atoms with Crippen LogP contribution in [0.5, 0.6) is 0 Å². The summed E-state index contributed by atoms with van der Waals surface area (Å²) in [6, 6.07) is 2.54. The number of hydrogen-bond donors (Lipinski definition) is 2. The van der Waals surface area contributed by atoms with Crippen molar-refractivity contribution in [1.82, 2.24) is 5.32 Å². The summed E-state index contributed by atoms with van der Waals surface area (Å²) in [5, 5.41) is 12.9. The number of piperidine rings is 1. The first kappa shape index (κ1) is 15.5. The van der Waals surface area contributed by atoms with Gasteiger partial charge in [0.25, 0.3) is 0 Å². The molecule has 108 valence electrons. The van der Waals surface area contributed by atoms with Gasteiger partial charge in [-0.25, -0.2) is 0 Å². The second-order valence-corrected chi connectivity index (χ2v) is 7.04. The lowest BCUT2D eigenvalue weighted by atomic mass is 9.80. The second kappa shape index (κ2) is 5.88. The predicted molar refractivity (Wildman–Crippen MR) is 80.6 cm³/mol. The third-order valence-corrected chi connectivity index (χ3v) is 5.39. The summed E-state index contributed by atoms with van der Waals surface area (Å²) in [7, 11) is 0. The molecule has 1 aromatic rings. The highest BCUT2D eigenvalue weighted by molar-refractivity contribution is 7.16. The van der Waals surface area contributed by atoms with E-state index in [4.69, 9.17) is 16.3 Å². The number of aliphatic hydroxyl groups excluding tert-OH is 1. The van der Waals surface area contributed by atoms with Crippen molar-refractivity contribution in [3.63, 3.8) is 0 Å². The normalized spacial score (nSPS) is 33.8. The Labute approximate surface area is 128 Å². The van der Waals surface area contributed by atoms with E-state index in [9.17, 15) is 5.11 Å². The van der Waals surface area contributed by atoms with Gasteiger partial charge in [0.1, 0.15) is 5.60 Å². The first-order valence-corrected chi connectivity index (χ1v) is 7.62. The summed E-state index contributed by atoms with van der Waals surface area (Å²) in [6.45, 7) is 3.06. The lowest BCUT2D eigenvalue weighted by Crippen LogP contribution is -2.54. The van der Waals surface area contributed by atoms with Crippen LogP contribution in [0.4, 0.5) is 0 Å². The Bertz CT molecular complexity index is 454. The molecule has 0 aromatic carbocycles. The Morgan fingerprint density at radius 3 is 3.11 bits per heavy atom. The number of hydrogen-bond acceptors (Lipinski definition) is 4. The van der Waals surface area contributed by atoms with Gasteiger partial charge in [-0.05, 0) is 37.8 Å². The average Bonchev–Trinajstić information content (AvgIpc) is 2.71. The van der Waals surface area contributed by atoms with Gasteiger partial charge in [0.2, 0.25) is 0 Å². The molecule has 3 atom stereocenters. The lowest BCUT2D eigenvalue weighted by molar-refractivity contribution is -0.0986. The topological polar surface area (TPSA) is 41.5 Å². The molecule has 2 N–H and O–H groups in total. The molecule has 3 heterocycles. The molecule has 0 bridgehead atoms. The molecular formula is C13H19Cl2NO2S. The molecule has 0 saturated carbocycles. The molecule has 3 nitrogen and oxygen atoms in total. The van der Waals surface area contributed by atoms with Crippen LogP contribution in [-0.4, -0.2) is 30.4 Å². The fourth-order valence-electron chi connectivity index (χ4n) is 3.30. The van der Waals surface area contributed by atoms with E-state index in [-0.39, 0.29) is 30.7 Å². The fourth-order valence-corrected chi connectivity index (χ4v) is 4.77. The van der Waals surface area contributed by atoms with Crippen molar-refractivity contribution in [2.24, 2.45) is 0 Å². The van der Waals surface area contributed by atoms with Gasteiger partial charge in [-0.15, -0.1) is 23.7 Å². The van der Waals surface area contributed by atoms with Crippen LogP contribution in [0.1, 0.15) is 30.2 Å². The number of aliphatic hydroxyl groups is 1. The van der Waals surface area contributed by atoms with E-state index in [0.717, 1.165) is 30.2 Å².